The summed E-state index contributed by atoms with van der Waals surface area (Å²) >= 11 is 0. The molecule has 1 N–H and O–H groups in total. The van der Waals surface area contributed by atoms with Crippen LogP contribution in [0.25, 0.3) is 0 Å². The second-order valence-electron chi connectivity index (χ2n) is 3.36. The minimum Gasteiger partial charge on any atom is -0.493 e. The molecule has 15 heavy (non-hydrogen) atoms. The lowest BCUT2D eigenvalue weighted by molar-refractivity contribution is 0.354. The molecular formula is C12H19NO2. The maximum Gasteiger partial charge on any atom is 0.161 e. The van der Waals surface area contributed by atoms with Crippen LogP contribution >= 0.6 is 0 Å². The Hall–Kier alpha value is -1.22. The van der Waals surface area contributed by atoms with Gasteiger partial charge in [0.25, 0.3) is 0 Å². The topological polar surface area (TPSA) is 30.5 Å². The number of nitrogens with one attached hydrogen (secondary N) is 1. The maximum absolute atomic E-state index is 5.27. The van der Waals surface area contributed by atoms with Crippen molar-refractivity contribution in [2.45, 2.75) is 19.9 Å². The van der Waals surface area contributed by atoms with Gasteiger partial charge in [-0.05, 0) is 36.7 Å². The van der Waals surface area contributed by atoms with E-state index in [2.05, 4.69) is 12.2 Å². The summed E-state index contributed by atoms with van der Waals surface area (Å²) in [5.41, 5.74) is 2.56. The highest BCUT2D eigenvalue weighted by Crippen LogP contribution is 2.30. The van der Waals surface area contributed by atoms with E-state index in [9.17, 15) is 0 Å². The van der Waals surface area contributed by atoms with Crippen molar-refractivity contribution in [3.63, 3.8) is 0 Å². The van der Waals surface area contributed by atoms with Gasteiger partial charge in [-0.3, -0.25) is 0 Å². The zero-order valence-corrected chi connectivity index (χ0v) is 9.89. The summed E-state index contributed by atoms with van der Waals surface area (Å²) in [5, 5.41) is 3.15. The Morgan fingerprint density at radius 2 is 1.60 bits per heavy atom. The zero-order valence-electron chi connectivity index (χ0n) is 9.89. The third-order valence-corrected chi connectivity index (χ3v) is 2.45. The Bertz CT molecular complexity index is 324. The van der Waals surface area contributed by atoms with E-state index < -0.39 is 0 Å². The molecule has 1 aromatic rings. The molecule has 0 heterocycles. The SMILES string of the molecule is CCc1cc(OC)c(OC)cc1CNC. The molecular weight excluding hydrogens is 190 g/mol. The molecule has 0 fully saturated rings. The van der Waals surface area contributed by atoms with Gasteiger partial charge in [-0.15, -0.1) is 0 Å². The van der Waals surface area contributed by atoms with Gasteiger partial charge in [0, 0.05) is 6.54 Å². The number of benzene rings is 1. The molecule has 3 nitrogen and oxygen atoms in total. The molecule has 0 bridgehead atoms. The smallest absolute Gasteiger partial charge is 0.161 e. The van der Waals surface area contributed by atoms with Gasteiger partial charge >= 0.3 is 0 Å². The van der Waals surface area contributed by atoms with E-state index in [1.54, 1.807) is 14.2 Å². The molecule has 0 aliphatic rings. The van der Waals surface area contributed by atoms with Crippen molar-refractivity contribution < 1.29 is 9.47 Å². The summed E-state index contributed by atoms with van der Waals surface area (Å²) in [6.07, 6.45) is 0.997. The molecule has 0 amide bonds. The van der Waals surface area contributed by atoms with E-state index in [1.807, 2.05) is 19.2 Å². The molecule has 0 aliphatic carbocycles. The van der Waals surface area contributed by atoms with E-state index in [4.69, 9.17) is 9.47 Å². The summed E-state index contributed by atoms with van der Waals surface area (Å²) in [5.74, 6) is 1.59. The summed E-state index contributed by atoms with van der Waals surface area (Å²) in [6, 6.07) is 4.08. The maximum atomic E-state index is 5.27. The third-order valence-electron chi connectivity index (χ3n) is 2.45. The van der Waals surface area contributed by atoms with Gasteiger partial charge in [0.05, 0.1) is 14.2 Å². The molecule has 84 valence electrons. The number of ether oxygens (including phenoxy) is 2. The van der Waals surface area contributed by atoms with Crippen LogP contribution in [0.1, 0.15) is 18.1 Å². The molecule has 0 saturated heterocycles. The van der Waals surface area contributed by atoms with Crippen LogP contribution in [-0.4, -0.2) is 21.3 Å². The Morgan fingerprint density at radius 3 is 2.00 bits per heavy atom. The average Bonchev–Trinajstić information content (AvgIpc) is 2.28. The monoisotopic (exact) mass is 209 g/mol. The first-order valence-electron chi connectivity index (χ1n) is 5.15. The predicted octanol–water partition coefficient (Wildman–Crippen LogP) is 1.99. The van der Waals surface area contributed by atoms with Crippen molar-refractivity contribution in [2.24, 2.45) is 0 Å². The molecule has 3 heteroatoms. The molecule has 1 rings (SSSR count). The fraction of sp³-hybridized carbons (Fsp3) is 0.500. The van der Waals surface area contributed by atoms with Crippen molar-refractivity contribution in [3.8, 4) is 11.5 Å². The number of aryl methyl sites for hydroxylation is 1. The number of hydrogen-bond donors (Lipinski definition) is 1. The van der Waals surface area contributed by atoms with Crippen molar-refractivity contribution in [1.82, 2.24) is 5.32 Å². The molecule has 0 aromatic heterocycles. The number of hydrogen-bond acceptors (Lipinski definition) is 3. The van der Waals surface area contributed by atoms with Crippen LogP contribution in [0.2, 0.25) is 0 Å². The Labute approximate surface area is 91.4 Å². The summed E-state index contributed by atoms with van der Waals surface area (Å²) in [7, 11) is 5.26. The van der Waals surface area contributed by atoms with Gasteiger partial charge in [0.1, 0.15) is 0 Å². The second kappa shape index (κ2) is 5.61. The van der Waals surface area contributed by atoms with Crippen LogP contribution in [-0.2, 0) is 13.0 Å². The van der Waals surface area contributed by atoms with Gasteiger partial charge in [-0.25, -0.2) is 0 Å². The summed E-state index contributed by atoms with van der Waals surface area (Å²) < 4.78 is 10.5. The predicted molar refractivity (Wildman–Crippen MR) is 61.7 cm³/mol. The first kappa shape index (κ1) is 11.9. The molecule has 0 saturated carbocycles. The fourth-order valence-electron chi connectivity index (χ4n) is 1.65. The molecule has 0 aliphatic heterocycles. The normalized spacial score (nSPS) is 10.1. The first-order valence-corrected chi connectivity index (χ1v) is 5.15. The standard InChI is InChI=1S/C12H19NO2/c1-5-9-6-11(14-3)12(15-4)7-10(9)8-13-2/h6-7,13H,5,8H2,1-4H3. The van der Waals surface area contributed by atoms with Crippen LogP contribution in [0.3, 0.4) is 0 Å². The lowest BCUT2D eigenvalue weighted by Crippen LogP contribution is -2.08. The third kappa shape index (κ3) is 2.63. The lowest BCUT2D eigenvalue weighted by atomic mass is 10.0. The van der Waals surface area contributed by atoms with Gasteiger partial charge < -0.3 is 14.8 Å². The van der Waals surface area contributed by atoms with Crippen molar-refractivity contribution in [3.05, 3.63) is 23.3 Å². The average molecular weight is 209 g/mol. The zero-order chi connectivity index (χ0) is 11.3. The molecule has 1 aromatic carbocycles. The lowest BCUT2D eigenvalue weighted by Gasteiger charge is -2.13. The molecule has 0 radical (unpaired) electrons. The summed E-state index contributed by atoms with van der Waals surface area (Å²) in [6.45, 7) is 2.99. The van der Waals surface area contributed by atoms with E-state index in [1.165, 1.54) is 11.1 Å². The van der Waals surface area contributed by atoms with Gasteiger partial charge in [-0.2, -0.15) is 0 Å². The number of rotatable bonds is 5. The van der Waals surface area contributed by atoms with Gasteiger partial charge in [0.2, 0.25) is 0 Å². The largest absolute Gasteiger partial charge is 0.493 e. The Balaban J connectivity index is 3.15. The van der Waals surface area contributed by atoms with Gasteiger partial charge in [-0.1, -0.05) is 6.92 Å². The van der Waals surface area contributed by atoms with Gasteiger partial charge in [0.15, 0.2) is 11.5 Å². The highest BCUT2D eigenvalue weighted by molar-refractivity contribution is 5.47. The highest BCUT2D eigenvalue weighted by atomic mass is 16.5. The summed E-state index contributed by atoms with van der Waals surface area (Å²) in [4.78, 5) is 0. The quantitative estimate of drug-likeness (QED) is 0.804. The van der Waals surface area contributed by atoms with Crippen LogP contribution in [0.5, 0.6) is 11.5 Å². The molecule has 0 unspecified atom stereocenters. The fourth-order valence-corrected chi connectivity index (χ4v) is 1.65. The van der Waals surface area contributed by atoms with Crippen molar-refractivity contribution in [1.29, 1.82) is 0 Å². The minimum absolute atomic E-state index is 0.792. The van der Waals surface area contributed by atoms with Crippen LogP contribution < -0.4 is 14.8 Å². The minimum atomic E-state index is 0.792. The van der Waals surface area contributed by atoms with Crippen molar-refractivity contribution >= 4 is 0 Å². The van der Waals surface area contributed by atoms with Crippen LogP contribution in [0.4, 0.5) is 0 Å². The van der Waals surface area contributed by atoms with Crippen LogP contribution in [0, 0.1) is 0 Å². The van der Waals surface area contributed by atoms with E-state index in [-0.39, 0.29) is 0 Å². The van der Waals surface area contributed by atoms with Crippen molar-refractivity contribution in [2.75, 3.05) is 21.3 Å². The highest BCUT2D eigenvalue weighted by Gasteiger charge is 2.09. The molecule has 0 atom stereocenters. The second-order valence-corrected chi connectivity index (χ2v) is 3.36. The van der Waals surface area contributed by atoms with E-state index in [0.29, 0.717) is 0 Å². The van der Waals surface area contributed by atoms with E-state index in [0.717, 1.165) is 24.5 Å². The van der Waals surface area contributed by atoms with E-state index >= 15 is 0 Å². The first-order chi connectivity index (χ1) is 7.26. The molecule has 0 spiro atoms. The Kier molecular flexibility index (Phi) is 4.43. The number of methoxy groups -OCH3 is 2. The van der Waals surface area contributed by atoms with Crippen LogP contribution in [0.15, 0.2) is 12.1 Å². The Morgan fingerprint density at radius 1 is 1.07 bits per heavy atom.